The first-order chi connectivity index (χ1) is 12.5. The number of hydrogen-bond acceptors (Lipinski definition) is 5. The lowest BCUT2D eigenvalue weighted by Crippen LogP contribution is -2.25. The number of hydrogen-bond donors (Lipinski definition) is 2. The van der Waals surface area contributed by atoms with E-state index in [0.717, 1.165) is 25.1 Å². The Morgan fingerprint density at radius 3 is 2.85 bits per heavy atom. The number of carbonyl (C=O) groups excluding carboxylic acids is 1. The summed E-state index contributed by atoms with van der Waals surface area (Å²) in [5.74, 6) is 0.504. The number of benzene rings is 1. The monoisotopic (exact) mass is 376 g/mol. The lowest BCUT2D eigenvalue weighted by atomic mass is 10.0. The van der Waals surface area contributed by atoms with Gasteiger partial charge in [-0.2, -0.15) is 0 Å². The second-order valence-corrected chi connectivity index (χ2v) is 7.61. The molecule has 1 unspecified atom stereocenters. The zero-order valence-electron chi connectivity index (χ0n) is 15.0. The average Bonchev–Trinajstić information content (AvgIpc) is 3.25. The molecule has 2 aromatic rings. The molecule has 1 amide bonds. The summed E-state index contributed by atoms with van der Waals surface area (Å²) in [6.07, 6.45) is 1.99. The third-order valence-corrected chi connectivity index (χ3v) is 5.30. The highest BCUT2D eigenvalue weighted by molar-refractivity contribution is 7.99. The van der Waals surface area contributed by atoms with Crippen LogP contribution in [0.1, 0.15) is 38.2 Å². The van der Waals surface area contributed by atoms with Crippen molar-refractivity contribution >= 4 is 23.4 Å². The van der Waals surface area contributed by atoms with Gasteiger partial charge in [0, 0.05) is 12.3 Å². The summed E-state index contributed by atoms with van der Waals surface area (Å²) >= 11 is 1.24. The summed E-state index contributed by atoms with van der Waals surface area (Å²) in [5.41, 5.74) is 1.72. The topological polar surface area (TPSA) is 89.0 Å². The van der Waals surface area contributed by atoms with Crippen molar-refractivity contribution < 1.29 is 9.53 Å². The number of thioether (sulfide) groups is 1. The Kier molecular flexibility index (Phi) is 6.16. The van der Waals surface area contributed by atoms with Crippen LogP contribution in [0.2, 0.25) is 0 Å². The number of nitrogens with zero attached hydrogens (tertiary/aromatic N) is 2. The van der Waals surface area contributed by atoms with Crippen LogP contribution < -0.4 is 11.0 Å². The molecule has 26 heavy (non-hydrogen) atoms. The zero-order chi connectivity index (χ0) is 18.5. The zero-order valence-corrected chi connectivity index (χ0v) is 15.8. The van der Waals surface area contributed by atoms with E-state index in [1.165, 1.54) is 17.3 Å². The van der Waals surface area contributed by atoms with Crippen LogP contribution in [-0.4, -0.2) is 39.1 Å². The normalized spacial score (nSPS) is 17.0. The van der Waals surface area contributed by atoms with Crippen LogP contribution in [0.4, 0.5) is 5.69 Å². The second kappa shape index (κ2) is 8.55. The van der Waals surface area contributed by atoms with Gasteiger partial charge in [-0.3, -0.25) is 9.36 Å². The smallest absolute Gasteiger partial charge is 0.344 e. The predicted octanol–water partition coefficient (Wildman–Crippen LogP) is 2.60. The van der Waals surface area contributed by atoms with Gasteiger partial charge in [0.15, 0.2) is 5.16 Å². The fraction of sp³-hybridized carbons (Fsp3) is 0.500. The van der Waals surface area contributed by atoms with Gasteiger partial charge in [0.25, 0.3) is 0 Å². The van der Waals surface area contributed by atoms with E-state index in [2.05, 4.69) is 29.4 Å². The highest BCUT2D eigenvalue weighted by atomic mass is 32.2. The molecule has 0 spiro atoms. The molecule has 1 aromatic carbocycles. The summed E-state index contributed by atoms with van der Waals surface area (Å²) in [7, 11) is 0. The van der Waals surface area contributed by atoms with E-state index in [1.807, 2.05) is 24.3 Å². The van der Waals surface area contributed by atoms with Crippen molar-refractivity contribution in [3.63, 3.8) is 0 Å². The number of aromatic nitrogens is 3. The lowest BCUT2D eigenvalue weighted by molar-refractivity contribution is -0.113. The summed E-state index contributed by atoms with van der Waals surface area (Å²) in [5, 5.41) is 9.85. The minimum Gasteiger partial charge on any atom is -0.376 e. The highest BCUT2D eigenvalue weighted by Crippen LogP contribution is 2.20. The molecule has 0 bridgehead atoms. The third kappa shape index (κ3) is 4.76. The number of amides is 1. The Bertz CT molecular complexity index is 792. The fourth-order valence-electron chi connectivity index (χ4n) is 2.84. The largest absolute Gasteiger partial charge is 0.376 e. The first-order valence-corrected chi connectivity index (χ1v) is 9.81. The van der Waals surface area contributed by atoms with Gasteiger partial charge in [0.05, 0.1) is 18.4 Å². The number of H-pyrrole nitrogens is 1. The molecule has 1 atom stereocenters. The lowest BCUT2D eigenvalue weighted by Gasteiger charge is -2.11. The minimum absolute atomic E-state index is 0.0398. The summed E-state index contributed by atoms with van der Waals surface area (Å²) < 4.78 is 7.12. The summed E-state index contributed by atoms with van der Waals surface area (Å²) in [6.45, 7) is 5.46. The minimum atomic E-state index is -0.271. The molecule has 8 heteroatoms. The number of nitrogens with one attached hydrogen (secondary N) is 2. The van der Waals surface area contributed by atoms with E-state index >= 15 is 0 Å². The van der Waals surface area contributed by atoms with Crippen LogP contribution in [0.15, 0.2) is 34.2 Å². The fourth-order valence-corrected chi connectivity index (χ4v) is 3.60. The van der Waals surface area contributed by atoms with Crippen molar-refractivity contribution in [1.29, 1.82) is 0 Å². The number of aromatic amines is 1. The number of rotatable bonds is 7. The van der Waals surface area contributed by atoms with Crippen molar-refractivity contribution in [3.05, 3.63) is 40.3 Å². The van der Waals surface area contributed by atoms with Crippen LogP contribution in [0.25, 0.3) is 0 Å². The molecule has 0 radical (unpaired) electrons. The Morgan fingerprint density at radius 2 is 2.19 bits per heavy atom. The van der Waals surface area contributed by atoms with E-state index in [0.29, 0.717) is 17.6 Å². The number of ether oxygens (including phenoxy) is 1. The number of carbonyl (C=O) groups is 1. The van der Waals surface area contributed by atoms with Gasteiger partial charge in [-0.05, 0) is 36.5 Å². The van der Waals surface area contributed by atoms with E-state index in [4.69, 9.17) is 4.74 Å². The molecular weight excluding hydrogens is 352 g/mol. The van der Waals surface area contributed by atoms with E-state index in [9.17, 15) is 9.59 Å². The van der Waals surface area contributed by atoms with Crippen molar-refractivity contribution in [2.75, 3.05) is 17.7 Å². The Balaban J connectivity index is 1.55. The van der Waals surface area contributed by atoms with Gasteiger partial charge in [0.1, 0.15) is 0 Å². The molecule has 1 saturated heterocycles. The maximum atomic E-state index is 12.2. The summed E-state index contributed by atoms with van der Waals surface area (Å²) in [4.78, 5) is 24.1. The predicted molar refractivity (Wildman–Crippen MR) is 102 cm³/mol. The van der Waals surface area contributed by atoms with Crippen LogP contribution in [-0.2, 0) is 16.1 Å². The Morgan fingerprint density at radius 1 is 1.42 bits per heavy atom. The molecule has 1 aliphatic heterocycles. The van der Waals surface area contributed by atoms with E-state index in [-0.39, 0.29) is 23.5 Å². The molecule has 0 aliphatic carbocycles. The van der Waals surface area contributed by atoms with Gasteiger partial charge in [-0.25, -0.2) is 9.89 Å². The first kappa shape index (κ1) is 18.7. The molecule has 140 valence electrons. The van der Waals surface area contributed by atoms with Gasteiger partial charge in [-0.15, -0.1) is 5.10 Å². The van der Waals surface area contributed by atoms with Crippen molar-refractivity contribution in [1.82, 2.24) is 14.8 Å². The molecular formula is C18H24N4O3S. The standard InChI is InChI=1S/C18H24N4O3S/c1-12(2)13-5-7-14(8-6-13)19-16(23)11-26-18-21-20-17(24)22(18)10-15-4-3-9-25-15/h5-8,12,15H,3-4,9-11H2,1-2H3,(H,19,23)(H,20,24). The molecule has 1 aromatic heterocycles. The SMILES string of the molecule is CC(C)c1ccc(NC(=O)CSc2n[nH]c(=O)n2CC2CCCO2)cc1. The van der Waals surface area contributed by atoms with Crippen molar-refractivity contribution in [2.45, 2.75) is 50.4 Å². The van der Waals surface area contributed by atoms with Crippen molar-refractivity contribution in [2.24, 2.45) is 0 Å². The number of anilines is 1. The van der Waals surface area contributed by atoms with Gasteiger partial charge < -0.3 is 10.1 Å². The molecule has 2 N–H and O–H groups in total. The van der Waals surface area contributed by atoms with E-state index in [1.54, 1.807) is 4.57 Å². The molecule has 3 rings (SSSR count). The Labute approximate surface area is 156 Å². The van der Waals surface area contributed by atoms with Crippen LogP contribution in [0.5, 0.6) is 0 Å². The van der Waals surface area contributed by atoms with Crippen LogP contribution in [0, 0.1) is 0 Å². The van der Waals surface area contributed by atoms with Crippen LogP contribution >= 0.6 is 11.8 Å². The maximum Gasteiger partial charge on any atom is 0.344 e. The summed E-state index contributed by atoms with van der Waals surface area (Å²) in [6, 6.07) is 7.83. The highest BCUT2D eigenvalue weighted by Gasteiger charge is 2.20. The third-order valence-electron chi connectivity index (χ3n) is 4.33. The van der Waals surface area contributed by atoms with Gasteiger partial charge >= 0.3 is 5.69 Å². The molecule has 1 aliphatic rings. The maximum absolute atomic E-state index is 12.2. The second-order valence-electron chi connectivity index (χ2n) is 6.67. The molecule has 2 heterocycles. The molecule has 0 saturated carbocycles. The van der Waals surface area contributed by atoms with Gasteiger partial charge in [0.2, 0.25) is 5.91 Å². The first-order valence-electron chi connectivity index (χ1n) is 8.82. The molecule has 1 fully saturated rings. The van der Waals surface area contributed by atoms with E-state index < -0.39 is 0 Å². The average molecular weight is 376 g/mol. The van der Waals surface area contributed by atoms with Crippen molar-refractivity contribution in [3.8, 4) is 0 Å². The Hall–Kier alpha value is -2.06. The van der Waals surface area contributed by atoms with Crippen LogP contribution in [0.3, 0.4) is 0 Å². The molecule has 7 nitrogen and oxygen atoms in total. The quantitative estimate of drug-likeness (QED) is 0.725. The van der Waals surface area contributed by atoms with Gasteiger partial charge in [-0.1, -0.05) is 37.7 Å².